The molecule has 1 unspecified atom stereocenters. The summed E-state index contributed by atoms with van der Waals surface area (Å²) in [7, 11) is -4.37. The van der Waals surface area contributed by atoms with E-state index in [1.165, 1.54) is 64.2 Å². The standard InChI is InChI=1S/C30H42NO5PS/c1-2-3-4-5-6-7-8-9-10-11-12-13-21-34-28-17-15-19-30(24-28)36-37(32,33)35-29-18-14-16-27(23-29)25-31-20-22-38-26-31/h14-20,22-24,26H,2-13,21,25H2,1H3/p+1. The number of rotatable bonds is 20. The van der Waals surface area contributed by atoms with E-state index < -0.39 is 7.82 Å². The molecule has 0 bridgehead atoms. The van der Waals surface area contributed by atoms with E-state index in [0.717, 1.165) is 18.4 Å². The molecule has 3 aromatic rings. The normalized spacial score (nSPS) is 12.7. The van der Waals surface area contributed by atoms with Crippen LogP contribution in [-0.2, 0) is 11.1 Å². The molecule has 1 heterocycles. The van der Waals surface area contributed by atoms with Crippen LogP contribution in [-0.4, -0.2) is 11.5 Å². The summed E-state index contributed by atoms with van der Waals surface area (Å²) in [5.74, 6) is 1.12. The molecule has 0 saturated carbocycles. The van der Waals surface area contributed by atoms with E-state index in [9.17, 15) is 9.46 Å². The van der Waals surface area contributed by atoms with Crippen molar-refractivity contribution >= 4 is 19.2 Å². The first-order chi connectivity index (χ1) is 18.5. The number of phosphoric acid groups is 1. The second-order valence-electron chi connectivity index (χ2n) is 9.71. The fourth-order valence-corrected chi connectivity index (χ4v) is 5.70. The van der Waals surface area contributed by atoms with E-state index >= 15 is 0 Å². The Labute approximate surface area is 232 Å². The molecule has 1 atom stereocenters. The summed E-state index contributed by atoms with van der Waals surface area (Å²) in [6, 6.07) is 13.9. The Bertz CT molecular complexity index is 1090. The maximum atomic E-state index is 12.6. The van der Waals surface area contributed by atoms with Crippen LogP contribution in [0.25, 0.3) is 0 Å². The van der Waals surface area contributed by atoms with Gasteiger partial charge >= 0.3 is 7.82 Å². The Balaban J connectivity index is 1.32. The van der Waals surface area contributed by atoms with Crippen molar-refractivity contribution in [1.82, 2.24) is 0 Å². The first kappa shape index (κ1) is 30.2. The lowest BCUT2D eigenvalue weighted by Gasteiger charge is -2.15. The SMILES string of the molecule is CCCCCCCCCCCCCCOc1cccc(OP(=O)(O)Oc2cccc(C[n+]3ccsc3)c2)c1. The number of hydrogen-bond donors (Lipinski definition) is 1. The summed E-state index contributed by atoms with van der Waals surface area (Å²) < 4.78 is 31.2. The molecule has 0 saturated heterocycles. The van der Waals surface area contributed by atoms with E-state index in [1.54, 1.807) is 47.7 Å². The minimum Gasteiger partial charge on any atom is -0.493 e. The Morgan fingerprint density at radius 3 is 2.00 bits per heavy atom. The maximum absolute atomic E-state index is 12.6. The van der Waals surface area contributed by atoms with Crippen LogP contribution in [0.3, 0.4) is 0 Å². The lowest BCUT2D eigenvalue weighted by atomic mass is 10.1. The number of ether oxygens (including phenoxy) is 1. The second kappa shape index (κ2) is 17.3. The van der Waals surface area contributed by atoms with Gasteiger partial charge in [0.1, 0.15) is 17.2 Å². The topological polar surface area (TPSA) is 68.9 Å². The van der Waals surface area contributed by atoms with Crippen molar-refractivity contribution in [3.63, 3.8) is 0 Å². The van der Waals surface area contributed by atoms with E-state index in [2.05, 4.69) is 6.92 Å². The summed E-state index contributed by atoms with van der Waals surface area (Å²) in [5.41, 5.74) is 2.96. The van der Waals surface area contributed by atoms with Crippen molar-refractivity contribution in [3.8, 4) is 17.2 Å². The molecule has 1 aromatic heterocycles. The van der Waals surface area contributed by atoms with Gasteiger partial charge in [0.25, 0.3) is 0 Å². The molecule has 0 radical (unpaired) electrons. The third-order valence-corrected chi connectivity index (χ3v) is 7.86. The Morgan fingerprint density at radius 1 is 0.789 bits per heavy atom. The smallest absolute Gasteiger partial charge is 0.493 e. The molecule has 0 aliphatic heterocycles. The van der Waals surface area contributed by atoms with Crippen molar-refractivity contribution in [2.45, 2.75) is 90.5 Å². The van der Waals surface area contributed by atoms with Crippen molar-refractivity contribution in [2.75, 3.05) is 6.61 Å². The van der Waals surface area contributed by atoms with Gasteiger partial charge in [-0.3, -0.25) is 4.89 Å². The molecule has 0 aliphatic rings. The van der Waals surface area contributed by atoms with Crippen molar-refractivity contribution in [1.29, 1.82) is 0 Å². The molecule has 0 amide bonds. The van der Waals surface area contributed by atoms with Gasteiger partial charge in [0.2, 0.25) is 5.51 Å². The summed E-state index contributed by atoms with van der Waals surface area (Å²) in [6.07, 6.45) is 17.6. The zero-order valence-corrected chi connectivity index (χ0v) is 24.3. The van der Waals surface area contributed by atoms with Crippen molar-refractivity contribution < 1.29 is 27.8 Å². The van der Waals surface area contributed by atoms with Gasteiger partial charge in [0.05, 0.1) is 12.0 Å². The predicted molar refractivity (Wildman–Crippen MR) is 154 cm³/mol. The molecular formula is C30H43NO5PS+. The first-order valence-electron chi connectivity index (χ1n) is 14.0. The number of hydrogen-bond acceptors (Lipinski definition) is 5. The largest absolute Gasteiger partial charge is 0.584 e. The molecule has 0 aliphatic carbocycles. The van der Waals surface area contributed by atoms with Crippen LogP contribution in [0.4, 0.5) is 0 Å². The molecule has 0 fully saturated rings. The molecule has 8 heteroatoms. The third kappa shape index (κ3) is 12.5. The highest BCUT2D eigenvalue weighted by molar-refractivity contribution is 7.48. The molecule has 0 spiro atoms. The van der Waals surface area contributed by atoms with Crippen LogP contribution in [0.15, 0.2) is 65.6 Å². The van der Waals surface area contributed by atoms with Crippen molar-refractivity contribution in [3.05, 3.63) is 71.2 Å². The van der Waals surface area contributed by atoms with Gasteiger partial charge in [-0.2, -0.15) is 4.57 Å². The highest BCUT2D eigenvalue weighted by Crippen LogP contribution is 2.45. The number of nitrogens with zero attached hydrogens (tertiary/aromatic N) is 1. The van der Waals surface area contributed by atoms with E-state index in [0.29, 0.717) is 18.9 Å². The zero-order chi connectivity index (χ0) is 26.9. The average molecular weight is 561 g/mol. The molecule has 1 N–H and O–H groups in total. The van der Waals surface area contributed by atoms with Crippen LogP contribution < -0.4 is 18.4 Å². The zero-order valence-electron chi connectivity index (χ0n) is 22.6. The van der Waals surface area contributed by atoms with Gasteiger partial charge in [-0.15, -0.1) is 0 Å². The Kier molecular flexibility index (Phi) is 13.7. The number of unbranched alkanes of at least 4 members (excludes halogenated alkanes) is 11. The van der Waals surface area contributed by atoms with Crippen LogP contribution in [0.5, 0.6) is 17.2 Å². The molecule has 2 aromatic carbocycles. The number of phosphoric ester groups is 1. The van der Waals surface area contributed by atoms with Gasteiger partial charge in [-0.05, 0) is 30.7 Å². The van der Waals surface area contributed by atoms with Crippen molar-refractivity contribution in [2.24, 2.45) is 0 Å². The maximum Gasteiger partial charge on any atom is 0.584 e. The quantitative estimate of drug-likeness (QED) is 0.0850. The predicted octanol–water partition coefficient (Wildman–Crippen LogP) is 8.72. The molecule has 38 heavy (non-hydrogen) atoms. The summed E-state index contributed by atoms with van der Waals surface area (Å²) in [5, 5.41) is 1.99. The van der Waals surface area contributed by atoms with Gasteiger partial charge in [-0.1, -0.05) is 107 Å². The minimum atomic E-state index is -4.37. The highest BCUT2D eigenvalue weighted by atomic mass is 32.1. The Hall–Kier alpha value is -2.34. The highest BCUT2D eigenvalue weighted by Gasteiger charge is 2.25. The minimum absolute atomic E-state index is 0.230. The van der Waals surface area contributed by atoms with Gasteiger partial charge in [0.15, 0.2) is 12.7 Å². The van der Waals surface area contributed by atoms with E-state index in [1.807, 2.05) is 33.8 Å². The fraction of sp³-hybridized carbons (Fsp3) is 0.500. The fourth-order valence-electron chi connectivity index (χ4n) is 4.30. The van der Waals surface area contributed by atoms with Gasteiger partial charge < -0.3 is 13.8 Å². The van der Waals surface area contributed by atoms with Crippen LogP contribution in [0.2, 0.25) is 0 Å². The monoisotopic (exact) mass is 560 g/mol. The lowest BCUT2D eigenvalue weighted by Crippen LogP contribution is -2.30. The second-order valence-corrected chi connectivity index (χ2v) is 11.8. The van der Waals surface area contributed by atoms with Crippen LogP contribution in [0.1, 0.15) is 89.5 Å². The molecular weight excluding hydrogens is 517 g/mol. The third-order valence-electron chi connectivity index (χ3n) is 6.30. The van der Waals surface area contributed by atoms with Gasteiger partial charge in [-0.25, -0.2) is 4.57 Å². The Morgan fingerprint density at radius 2 is 1.37 bits per heavy atom. The average Bonchev–Trinajstić information content (AvgIpc) is 3.40. The number of thiazole rings is 1. The van der Waals surface area contributed by atoms with Gasteiger partial charge in [0, 0.05) is 11.6 Å². The number of benzene rings is 2. The van der Waals surface area contributed by atoms with Crippen LogP contribution >= 0.6 is 19.2 Å². The van der Waals surface area contributed by atoms with Crippen LogP contribution in [0, 0.1) is 0 Å². The molecule has 6 nitrogen and oxygen atoms in total. The summed E-state index contributed by atoms with van der Waals surface area (Å²) in [4.78, 5) is 10.3. The van der Waals surface area contributed by atoms with E-state index in [4.69, 9.17) is 13.8 Å². The molecule has 3 rings (SSSR count). The summed E-state index contributed by atoms with van der Waals surface area (Å²) >= 11 is 1.61. The lowest BCUT2D eigenvalue weighted by molar-refractivity contribution is -0.683. The number of aromatic nitrogens is 1. The summed E-state index contributed by atoms with van der Waals surface area (Å²) in [6.45, 7) is 3.52. The molecule has 208 valence electrons. The first-order valence-corrected chi connectivity index (χ1v) is 16.4. The van der Waals surface area contributed by atoms with E-state index in [-0.39, 0.29) is 11.5 Å².